The maximum Gasteiger partial charge on any atom is 0.348 e. The molecule has 39 heavy (non-hydrogen) atoms. The first-order chi connectivity index (χ1) is 19.0. The van der Waals surface area contributed by atoms with Crippen LogP contribution in [-0.2, 0) is 0 Å². The minimum Gasteiger partial charge on any atom is -0.494 e. The molecule has 0 bridgehead atoms. The highest BCUT2D eigenvalue weighted by atomic mass is 19.1. The van der Waals surface area contributed by atoms with Crippen LogP contribution in [0.3, 0.4) is 0 Å². The summed E-state index contributed by atoms with van der Waals surface area (Å²) < 4.78 is 37.3. The molecule has 1 aliphatic heterocycles. The highest BCUT2D eigenvalue weighted by Gasteiger charge is 2.29. The SMILES string of the molecule is CCOc1ccc2oc(-c3ccccc3)c(C(=O)Oc3ccc4c(c3)O/C(=C\c3ccccc3F)C4=O)c2c1. The maximum absolute atomic E-state index is 14.1. The Labute approximate surface area is 222 Å². The van der Waals surface area contributed by atoms with Gasteiger partial charge in [0.05, 0.1) is 12.2 Å². The summed E-state index contributed by atoms with van der Waals surface area (Å²) in [6.45, 7) is 2.34. The van der Waals surface area contributed by atoms with Crippen LogP contribution in [0.25, 0.3) is 28.4 Å². The number of hydrogen-bond donors (Lipinski definition) is 0. The molecule has 0 saturated carbocycles. The second-order valence-corrected chi connectivity index (χ2v) is 8.77. The summed E-state index contributed by atoms with van der Waals surface area (Å²) in [5, 5.41) is 0.549. The van der Waals surface area contributed by atoms with E-state index in [9.17, 15) is 14.0 Å². The normalized spacial score (nSPS) is 13.4. The first kappa shape index (κ1) is 24.2. The molecule has 1 aliphatic rings. The molecule has 2 heterocycles. The van der Waals surface area contributed by atoms with Gasteiger partial charge in [-0.2, -0.15) is 0 Å². The lowest BCUT2D eigenvalue weighted by Gasteiger charge is -2.07. The summed E-state index contributed by atoms with van der Waals surface area (Å²) in [4.78, 5) is 26.4. The highest BCUT2D eigenvalue weighted by Crippen LogP contribution is 2.38. The van der Waals surface area contributed by atoms with Crippen molar-refractivity contribution in [1.29, 1.82) is 0 Å². The zero-order valence-corrected chi connectivity index (χ0v) is 20.8. The van der Waals surface area contributed by atoms with Crippen LogP contribution < -0.4 is 14.2 Å². The Morgan fingerprint density at radius 1 is 0.923 bits per heavy atom. The second-order valence-electron chi connectivity index (χ2n) is 8.77. The molecule has 4 aromatic carbocycles. The molecule has 0 N–H and O–H groups in total. The monoisotopic (exact) mass is 520 g/mol. The van der Waals surface area contributed by atoms with E-state index in [1.165, 1.54) is 30.3 Å². The van der Waals surface area contributed by atoms with Crippen molar-refractivity contribution in [2.45, 2.75) is 6.92 Å². The molecule has 0 radical (unpaired) electrons. The Bertz CT molecular complexity index is 1770. The number of allylic oxidation sites excluding steroid dienone is 1. The second kappa shape index (κ2) is 9.95. The zero-order chi connectivity index (χ0) is 26.9. The van der Waals surface area contributed by atoms with E-state index in [2.05, 4.69) is 0 Å². The fourth-order valence-corrected chi connectivity index (χ4v) is 4.45. The minimum absolute atomic E-state index is 0.0192. The van der Waals surface area contributed by atoms with Crippen LogP contribution in [0.2, 0.25) is 0 Å². The van der Waals surface area contributed by atoms with Gasteiger partial charge >= 0.3 is 5.97 Å². The fourth-order valence-electron chi connectivity index (χ4n) is 4.45. The number of rotatable bonds is 6. The van der Waals surface area contributed by atoms with Crippen molar-refractivity contribution in [3.05, 3.63) is 119 Å². The van der Waals surface area contributed by atoms with Crippen molar-refractivity contribution >= 4 is 28.8 Å². The number of Topliss-reactive ketones (excluding diaryl/α,β-unsaturated/α-hetero) is 1. The molecular formula is C32H21FO6. The van der Waals surface area contributed by atoms with Crippen molar-refractivity contribution in [2.75, 3.05) is 6.61 Å². The van der Waals surface area contributed by atoms with Crippen molar-refractivity contribution in [3.8, 4) is 28.6 Å². The molecule has 6 rings (SSSR count). The third-order valence-corrected chi connectivity index (χ3v) is 6.25. The van der Waals surface area contributed by atoms with E-state index < -0.39 is 11.8 Å². The van der Waals surface area contributed by atoms with Gasteiger partial charge < -0.3 is 18.6 Å². The van der Waals surface area contributed by atoms with Crippen molar-refractivity contribution < 1.29 is 32.6 Å². The number of halogens is 1. The number of furan rings is 1. The van der Waals surface area contributed by atoms with Crippen LogP contribution in [-0.4, -0.2) is 18.4 Å². The Hall–Kier alpha value is -5.17. The molecule has 0 amide bonds. The van der Waals surface area contributed by atoms with E-state index in [1.807, 2.05) is 37.3 Å². The maximum atomic E-state index is 14.1. The highest BCUT2D eigenvalue weighted by molar-refractivity contribution is 6.15. The van der Waals surface area contributed by atoms with E-state index in [4.69, 9.17) is 18.6 Å². The summed E-state index contributed by atoms with van der Waals surface area (Å²) in [7, 11) is 0. The molecule has 1 aromatic heterocycles. The molecule has 0 atom stereocenters. The number of fused-ring (bicyclic) bond motifs is 2. The van der Waals surface area contributed by atoms with Gasteiger partial charge in [0.15, 0.2) is 5.76 Å². The largest absolute Gasteiger partial charge is 0.494 e. The summed E-state index contributed by atoms with van der Waals surface area (Å²) in [5.41, 5.74) is 1.99. The molecule has 0 fully saturated rings. The van der Waals surface area contributed by atoms with Gasteiger partial charge in [-0.3, -0.25) is 4.79 Å². The van der Waals surface area contributed by atoms with Crippen LogP contribution in [0.1, 0.15) is 33.2 Å². The summed E-state index contributed by atoms with van der Waals surface area (Å²) in [6.07, 6.45) is 1.35. The van der Waals surface area contributed by atoms with Crippen LogP contribution in [0.4, 0.5) is 4.39 Å². The number of carbonyl (C=O) groups is 2. The molecule has 6 nitrogen and oxygen atoms in total. The van der Waals surface area contributed by atoms with E-state index in [-0.39, 0.29) is 39.7 Å². The van der Waals surface area contributed by atoms with E-state index in [0.717, 1.165) is 0 Å². The van der Waals surface area contributed by atoms with Gasteiger partial charge in [-0.05, 0) is 49.4 Å². The van der Waals surface area contributed by atoms with Gasteiger partial charge in [0.25, 0.3) is 0 Å². The average Bonchev–Trinajstić information content (AvgIpc) is 3.47. The third kappa shape index (κ3) is 4.55. The van der Waals surface area contributed by atoms with Crippen molar-refractivity contribution in [1.82, 2.24) is 0 Å². The van der Waals surface area contributed by atoms with Gasteiger partial charge in [0.2, 0.25) is 5.78 Å². The smallest absolute Gasteiger partial charge is 0.348 e. The van der Waals surface area contributed by atoms with Crippen molar-refractivity contribution in [2.24, 2.45) is 0 Å². The van der Waals surface area contributed by atoms with Gasteiger partial charge in [-0.25, -0.2) is 9.18 Å². The average molecular weight is 521 g/mol. The Balaban J connectivity index is 1.34. The molecular weight excluding hydrogens is 499 g/mol. The van der Waals surface area contributed by atoms with E-state index >= 15 is 0 Å². The number of ether oxygens (including phenoxy) is 3. The summed E-state index contributed by atoms with van der Waals surface area (Å²) in [6, 6.07) is 25.1. The van der Waals surface area contributed by atoms with E-state index in [0.29, 0.717) is 34.6 Å². The standard InChI is InChI=1S/C32H21FO6/c1-2-36-21-13-15-26-24(17-21)29(31(39-26)19-8-4-3-5-9-19)32(35)37-22-12-14-23-27(18-22)38-28(30(23)34)16-20-10-6-7-11-25(20)33/h3-18H,2H2,1H3/b28-16-. The number of ketones is 1. The number of hydrogen-bond acceptors (Lipinski definition) is 6. The lowest BCUT2D eigenvalue weighted by Crippen LogP contribution is -2.09. The lowest BCUT2D eigenvalue weighted by atomic mass is 10.1. The topological polar surface area (TPSA) is 75.0 Å². The molecule has 0 spiro atoms. The first-order valence-electron chi connectivity index (χ1n) is 12.3. The molecule has 0 unspecified atom stereocenters. The van der Waals surface area contributed by atoms with Crippen molar-refractivity contribution in [3.63, 3.8) is 0 Å². The van der Waals surface area contributed by atoms with Crippen LogP contribution in [0.15, 0.2) is 101 Å². The third-order valence-electron chi connectivity index (χ3n) is 6.25. The minimum atomic E-state index is -0.646. The predicted octanol–water partition coefficient (Wildman–Crippen LogP) is 7.47. The number of esters is 1. The number of carbonyl (C=O) groups excluding carboxylic acids is 2. The Kier molecular flexibility index (Phi) is 6.17. The van der Waals surface area contributed by atoms with Crippen LogP contribution >= 0.6 is 0 Å². The van der Waals surface area contributed by atoms with Crippen LogP contribution in [0, 0.1) is 5.82 Å². The lowest BCUT2D eigenvalue weighted by molar-refractivity contribution is 0.0736. The quantitative estimate of drug-likeness (QED) is 0.131. The molecule has 192 valence electrons. The fraction of sp³-hybridized carbons (Fsp3) is 0.0625. The summed E-state index contributed by atoms with van der Waals surface area (Å²) in [5.74, 6) is -0.172. The first-order valence-corrected chi connectivity index (χ1v) is 12.3. The van der Waals surface area contributed by atoms with Gasteiger partial charge in [-0.1, -0.05) is 48.5 Å². The molecule has 5 aromatic rings. The Morgan fingerprint density at radius 2 is 1.69 bits per heavy atom. The molecule has 0 aliphatic carbocycles. The molecule has 7 heteroatoms. The predicted molar refractivity (Wildman–Crippen MR) is 144 cm³/mol. The van der Waals surface area contributed by atoms with Gasteiger partial charge in [0, 0.05) is 22.6 Å². The summed E-state index contributed by atoms with van der Waals surface area (Å²) >= 11 is 0. The van der Waals surface area contributed by atoms with E-state index in [1.54, 1.807) is 36.4 Å². The molecule has 0 saturated heterocycles. The zero-order valence-electron chi connectivity index (χ0n) is 20.8. The van der Waals surface area contributed by atoms with Crippen LogP contribution in [0.5, 0.6) is 17.2 Å². The van der Waals surface area contributed by atoms with Gasteiger partial charge in [0.1, 0.15) is 40.0 Å². The van der Waals surface area contributed by atoms with Gasteiger partial charge in [-0.15, -0.1) is 0 Å². The number of benzene rings is 4. The Morgan fingerprint density at radius 3 is 2.49 bits per heavy atom.